The second-order valence-electron chi connectivity index (χ2n) is 7.15. The van der Waals surface area contributed by atoms with Crippen molar-refractivity contribution in [3.8, 4) is 11.4 Å². The summed E-state index contributed by atoms with van der Waals surface area (Å²) in [4.78, 5) is 13.8. The van der Waals surface area contributed by atoms with Crippen LogP contribution in [-0.4, -0.2) is 26.4 Å². The summed E-state index contributed by atoms with van der Waals surface area (Å²) in [5, 5.41) is 14.7. The van der Waals surface area contributed by atoms with Gasteiger partial charge in [-0.05, 0) is 56.0 Å². The Morgan fingerprint density at radius 1 is 1.14 bits per heavy atom. The van der Waals surface area contributed by atoms with Crippen LogP contribution in [0.2, 0.25) is 0 Å². The minimum Gasteiger partial charge on any atom is -0.325 e. The molecule has 154 valence electrons. The van der Waals surface area contributed by atoms with Gasteiger partial charge in [-0.1, -0.05) is 38.1 Å². The van der Waals surface area contributed by atoms with E-state index in [1.165, 1.54) is 27.8 Å². The van der Waals surface area contributed by atoms with Gasteiger partial charge in [0.05, 0.1) is 5.75 Å². The summed E-state index contributed by atoms with van der Waals surface area (Å²) in [5.74, 6) is 1.16. The van der Waals surface area contributed by atoms with Crippen LogP contribution in [0, 0.1) is 13.8 Å². The van der Waals surface area contributed by atoms with Crippen LogP contribution in [0.25, 0.3) is 11.4 Å². The van der Waals surface area contributed by atoms with Gasteiger partial charge in [0.25, 0.3) is 0 Å². The molecule has 0 saturated carbocycles. The number of thioether (sulfide) groups is 1. The Labute approximate surface area is 180 Å². The maximum Gasteiger partial charge on any atom is 0.234 e. The Kier molecular flexibility index (Phi) is 7.50. The minimum absolute atomic E-state index is 0.0355. The van der Waals surface area contributed by atoms with E-state index in [1.54, 1.807) is 11.3 Å². The summed E-state index contributed by atoms with van der Waals surface area (Å²) < 4.78 is 2.13. The number of carbonyl (C=O) groups is 1. The van der Waals surface area contributed by atoms with Gasteiger partial charge in [-0.25, -0.2) is 0 Å². The minimum atomic E-state index is -0.0355. The fraction of sp³-hybridized carbons (Fsp3) is 0.409. The monoisotopic (exact) mass is 428 g/mol. The first-order valence-corrected chi connectivity index (χ1v) is 11.9. The lowest BCUT2D eigenvalue weighted by Crippen LogP contribution is -2.15. The maximum absolute atomic E-state index is 12.4. The Morgan fingerprint density at radius 3 is 2.69 bits per heavy atom. The van der Waals surface area contributed by atoms with Gasteiger partial charge in [-0.15, -0.1) is 21.5 Å². The van der Waals surface area contributed by atoms with E-state index in [0.29, 0.717) is 5.75 Å². The third-order valence-corrected chi connectivity index (χ3v) is 6.66. The molecule has 1 N–H and O–H groups in total. The summed E-state index contributed by atoms with van der Waals surface area (Å²) in [7, 11) is 0. The third kappa shape index (κ3) is 5.48. The van der Waals surface area contributed by atoms with Gasteiger partial charge in [-0.2, -0.15) is 0 Å². The molecule has 0 unspecified atom stereocenters. The van der Waals surface area contributed by atoms with Gasteiger partial charge in [0.1, 0.15) is 0 Å². The van der Waals surface area contributed by atoms with Crippen molar-refractivity contribution in [1.82, 2.24) is 14.8 Å². The summed E-state index contributed by atoms with van der Waals surface area (Å²) in [5.41, 5.74) is 4.33. The quantitative estimate of drug-likeness (QED) is 0.443. The molecule has 0 bridgehead atoms. The zero-order chi connectivity index (χ0) is 20.8. The molecule has 3 rings (SSSR count). The van der Waals surface area contributed by atoms with Crippen molar-refractivity contribution in [3.63, 3.8) is 0 Å². The molecule has 0 radical (unpaired) electrons. The van der Waals surface area contributed by atoms with Crippen LogP contribution in [0.4, 0.5) is 5.69 Å². The average Bonchev–Trinajstić information content (AvgIpc) is 3.31. The first-order valence-electron chi connectivity index (χ1n) is 10.0. The van der Waals surface area contributed by atoms with E-state index < -0.39 is 0 Å². The van der Waals surface area contributed by atoms with E-state index in [1.807, 2.05) is 25.1 Å². The van der Waals surface area contributed by atoms with E-state index in [0.717, 1.165) is 48.0 Å². The number of anilines is 1. The summed E-state index contributed by atoms with van der Waals surface area (Å²) in [6, 6.07) is 8.17. The lowest BCUT2D eigenvalue weighted by Gasteiger charge is -2.09. The standard InChI is InChI=1S/C22H28N4OS2/c1-5-7-19-12-17(13-28-19)21-24-25-22(26(21)10-6-2)29-14-20(27)23-18-9-8-15(3)16(4)11-18/h8-9,11-13H,5-7,10,14H2,1-4H3,(H,23,27). The number of hydrogen-bond donors (Lipinski definition) is 1. The van der Waals surface area contributed by atoms with Crippen molar-refractivity contribution in [2.24, 2.45) is 0 Å². The number of hydrogen-bond acceptors (Lipinski definition) is 5. The predicted octanol–water partition coefficient (Wildman–Crippen LogP) is 5.72. The van der Waals surface area contributed by atoms with Gasteiger partial charge in [-0.3, -0.25) is 4.79 Å². The maximum atomic E-state index is 12.4. The number of nitrogens with zero attached hydrogens (tertiary/aromatic N) is 3. The number of carbonyl (C=O) groups excluding carboxylic acids is 1. The van der Waals surface area contributed by atoms with Crippen molar-refractivity contribution in [2.75, 3.05) is 11.1 Å². The number of benzene rings is 1. The van der Waals surface area contributed by atoms with Crippen LogP contribution >= 0.6 is 23.1 Å². The molecule has 29 heavy (non-hydrogen) atoms. The molecular weight excluding hydrogens is 400 g/mol. The molecule has 0 atom stereocenters. The number of thiophene rings is 1. The van der Waals surface area contributed by atoms with Crippen LogP contribution in [0.1, 0.15) is 42.7 Å². The van der Waals surface area contributed by atoms with Crippen LogP contribution in [0.15, 0.2) is 34.8 Å². The molecular formula is C22H28N4OS2. The number of nitrogens with one attached hydrogen (secondary N) is 1. The van der Waals surface area contributed by atoms with Crippen LogP contribution in [-0.2, 0) is 17.8 Å². The first kappa shape index (κ1) is 21.6. The molecule has 0 fully saturated rings. The van der Waals surface area contributed by atoms with Gasteiger partial charge in [0.2, 0.25) is 5.91 Å². The molecule has 5 nitrogen and oxygen atoms in total. The molecule has 7 heteroatoms. The molecule has 0 spiro atoms. The Bertz CT molecular complexity index is 977. The van der Waals surface area contributed by atoms with Crippen molar-refractivity contribution in [2.45, 2.75) is 58.7 Å². The van der Waals surface area contributed by atoms with Crippen molar-refractivity contribution >= 4 is 34.7 Å². The zero-order valence-electron chi connectivity index (χ0n) is 17.5. The van der Waals surface area contributed by atoms with Crippen molar-refractivity contribution in [1.29, 1.82) is 0 Å². The lowest BCUT2D eigenvalue weighted by atomic mass is 10.1. The highest BCUT2D eigenvalue weighted by Crippen LogP contribution is 2.29. The molecule has 2 aromatic heterocycles. The number of rotatable bonds is 9. The SMILES string of the molecule is CCCc1cc(-c2nnc(SCC(=O)Nc3ccc(C)c(C)c3)n2CCC)cs1. The highest BCUT2D eigenvalue weighted by molar-refractivity contribution is 7.99. The first-order chi connectivity index (χ1) is 14.0. The van der Waals surface area contributed by atoms with E-state index >= 15 is 0 Å². The zero-order valence-corrected chi connectivity index (χ0v) is 19.1. The fourth-order valence-electron chi connectivity index (χ4n) is 3.06. The largest absolute Gasteiger partial charge is 0.325 e. The normalized spacial score (nSPS) is 11.0. The van der Waals surface area contributed by atoms with Gasteiger partial charge >= 0.3 is 0 Å². The molecule has 1 amide bonds. The van der Waals surface area contributed by atoms with E-state index in [4.69, 9.17) is 0 Å². The molecule has 1 aromatic carbocycles. The van der Waals surface area contributed by atoms with Crippen molar-refractivity contribution in [3.05, 3.63) is 45.6 Å². The summed E-state index contributed by atoms with van der Waals surface area (Å²) >= 11 is 3.21. The van der Waals surface area contributed by atoms with E-state index in [2.05, 4.69) is 52.3 Å². The number of amides is 1. The molecule has 2 heterocycles. The molecule has 3 aromatic rings. The average molecular weight is 429 g/mol. The Morgan fingerprint density at radius 2 is 1.97 bits per heavy atom. The summed E-state index contributed by atoms with van der Waals surface area (Å²) in [6.45, 7) is 9.28. The van der Waals surface area contributed by atoms with Crippen molar-refractivity contribution < 1.29 is 4.79 Å². The van der Waals surface area contributed by atoms with E-state index in [-0.39, 0.29) is 5.91 Å². The third-order valence-electron chi connectivity index (χ3n) is 4.70. The second-order valence-corrected chi connectivity index (χ2v) is 9.08. The Balaban J connectivity index is 1.69. The lowest BCUT2D eigenvalue weighted by molar-refractivity contribution is -0.113. The highest BCUT2D eigenvalue weighted by atomic mass is 32.2. The second kappa shape index (κ2) is 10.1. The Hall–Kier alpha value is -2.12. The van der Waals surface area contributed by atoms with E-state index in [9.17, 15) is 4.79 Å². The van der Waals surface area contributed by atoms with Gasteiger partial charge in [0.15, 0.2) is 11.0 Å². The number of aromatic nitrogens is 3. The molecule has 0 aliphatic carbocycles. The van der Waals surface area contributed by atoms with Crippen LogP contribution in [0.5, 0.6) is 0 Å². The summed E-state index contributed by atoms with van der Waals surface area (Å²) in [6.07, 6.45) is 3.21. The van der Waals surface area contributed by atoms with Crippen LogP contribution < -0.4 is 5.32 Å². The topological polar surface area (TPSA) is 59.8 Å². The number of aryl methyl sites for hydroxylation is 3. The molecule has 0 aliphatic rings. The molecule has 0 saturated heterocycles. The van der Waals surface area contributed by atoms with Gasteiger partial charge in [0, 0.05) is 28.1 Å². The molecule has 0 aliphatic heterocycles. The van der Waals surface area contributed by atoms with Gasteiger partial charge < -0.3 is 9.88 Å². The van der Waals surface area contributed by atoms with Crippen LogP contribution in [0.3, 0.4) is 0 Å². The fourth-order valence-corrected chi connectivity index (χ4v) is 4.79. The highest BCUT2D eigenvalue weighted by Gasteiger charge is 2.16. The predicted molar refractivity (Wildman–Crippen MR) is 123 cm³/mol. The smallest absolute Gasteiger partial charge is 0.234 e.